The van der Waals surface area contributed by atoms with Gasteiger partial charge in [-0.1, -0.05) is 13.0 Å². The van der Waals surface area contributed by atoms with Gasteiger partial charge in [-0.15, -0.1) is 0 Å². The molecule has 4 unspecified atom stereocenters. The van der Waals surface area contributed by atoms with Gasteiger partial charge < -0.3 is 10.6 Å². The van der Waals surface area contributed by atoms with Gasteiger partial charge in [0.1, 0.15) is 11.6 Å². The van der Waals surface area contributed by atoms with Crippen LogP contribution in [0.5, 0.6) is 0 Å². The fourth-order valence-corrected chi connectivity index (χ4v) is 3.59. The van der Waals surface area contributed by atoms with Crippen molar-refractivity contribution in [2.45, 2.75) is 38.1 Å². The summed E-state index contributed by atoms with van der Waals surface area (Å²) in [6.45, 7) is 3.38. The van der Waals surface area contributed by atoms with Crippen molar-refractivity contribution < 1.29 is 13.6 Å². The smallest absolute Gasteiger partial charge is 0.226 e. The number of carbonyl (C=O) groups is 1. The SMILES string of the molecule is CC1CCN(C(=O)C2CC2c2ccc(F)cc2F)C(CN)C1. The van der Waals surface area contributed by atoms with Crippen LogP contribution in [-0.4, -0.2) is 29.9 Å². The molecule has 2 aliphatic rings. The van der Waals surface area contributed by atoms with Crippen molar-refractivity contribution in [1.29, 1.82) is 0 Å². The summed E-state index contributed by atoms with van der Waals surface area (Å²) in [5.74, 6) is -0.771. The summed E-state index contributed by atoms with van der Waals surface area (Å²) in [6, 6.07) is 3.70. The second-order valence-electron chi connectivity index (χ2n) is 6.67. The fourth-order valence-electron chi connectivity index (χ4n) is 3.59. The van der Waals surface area contributed by atoms with E-state index in [9.17, 15) is 13.6 Å². The Morgan fingerprint density at radius 2 is 2.14 bits per heavy atom. The van der Waals surface area contributed by atoms with Crippen molar-refractivity contribution in [2.75, 3.05) is 13.1 Å². The summed E-state index contributed by atoms with van der Waals surface area (Å²) in [5, 5.41) is 0. The zero-order chi connectivity index (χ0) is 15.9. The summed E-state index contributed by atoms with van der Waals surface area (Å²) < 4.78 is 26.8. The first-order valence-corrected chi connectivity index (χ1v) is 7.96. The fraction of sp³-hybridized carbons (Fsp3) is 0.588. The number of benzene rings is 1. The average molecular weight is 308 g/mol. The molecule has 3 nitrogen and oxygen atoms in total. The largest absolute Gasteiger partial charge is 0.338 e. The van der Waals surface area contributed by atoms with E-state index in [2.05, 4.69) is 6.92 Å². The van der Waals surface area contributed by atoms with E-state index in [1.165, 1.54) is 12.1 Å². The lowest BCUT2D eigenvalue weighted by atomic mass is 9.92. The van der Waals surface area contributed by atoms with E-state index in [0.29, 0.717) is 24.4 Å². The van der Waals surface area contributed by atoms with Crippen molar-refractivity contribution >= 4 is 5.91 Å². The van der Waals surface area contributed by atoms with Crippen LogP contribution in [-0.2, 0) is 4.79 Å². The Bertz CT molecular complexity index is 578. The van der Waals surface area contributed by atoms with Crippen LogP contribution in [0.1, 0.15) is 37.7 Å². The van der Waals surface area contributed by atoms with Crippen LogP contribution in [0.15, 0.2) is 18.2 Å². The number of nitrogens with zero attached hydrogens (tertiary/aromatic N) is 1. The molecule has 5 heteroatoms. The molecule has 1 amide bonds. The first-order valence-electron chi connectivity index (χ1n) is 7.96. The first kappa shape index (κ1) is 15.4. The Hall–Kier alpha value is -1.49. The number of amides is 1. The quantitative estimate of drug-likeness (QED) is 0.933. The Labute approximate surface area is 129 Å². The third-order valence-electron chi connectivity index (χ3n) is 5.00. The molecule has 3 rings (SSSR count). The van der Waals surface area contributed by atoms with Gasteiger partial charge in [-0.2, -0.15) is 0 Å². The van der Waals surface area contributed by atoms with Crippen molar-refractivity contribution in [3.8, 4) is 0 Å². The molecule has 0 radical (unpaired) electrons. The summed E-state index contributed by atoms with van der Waals surface area (Å²) in [6.07, 6.45) is 2.57. The summed E-state index contributed by atoms with van der Waals surface area (Å²) in [5.41, 5.74) is 6.26. The molecule has 1 saturated carbocycles. The Kier molecular flexibility index (Phi) is 4.17. The molecule has 1 heterocycles. The van der Waals surface area contributed by atoms with Crippen LogP contribution in [0, 0.1) is 23.5 Å². The van der Waals surface area contributed by atoms with Gasteiger partial charge in [-0.25, -0.2) is 8.78 Å². The number of hydrogen-bond donors (Lipinski definition) is 1. The predicted molar refractivity (Wildman–Crippen MR) is 80.2 cm³/mol. The maximum absolute atomic E-state index is 13.8. The van der Waals surface area contributed by atoms with Crippen molar-refractivity contribution in [3.63, 3.8) is 0 Å². The minimum Gasteiger partial charge on any atom is -0.338 e. The van der Waals surface area contributed by atoms with Gasteiger partial charge in [0.15, 0.2) is 0 Å². The number of piperidine rings is 1. The van der Waals surface area contributed by atoms with Crippen LogP contribution >= 0.6 is 0 Å². The zero-order valence-corrected chi connectivity index (χ0v) is 12.8. The summed E-state index contributed by atoms with van der Waals surface area (Å²) in [7, 11) is 0. The topological polar surface area (TPSA) is 46.3 Å². The van der Waals surface area contributed by atoms with E-state index in [1.807, 2.05) is 4.90 Å². The van der Waals surface area contributed by atoms with Crippen LogP contribution < -0.4 is 5.73 Å². The number of nitrogens with two attached hydrogens (primary N) is 1. The predicted octanol–water partition coefficient (Wildman–Crippen LogP) is 2.65. The van der Waals surface area contributed by atoms with E-state index in [0.717, 1.165) is 25.5 Å². The number of rotatable bonds is 3. The minimum atomic E-state index is -0.585. The molecule has 1 aromatic carbocycles. The second kappa shape index (κ2) is 5.95. The molecule has 2 N–H and O–H groups in total. The molecule has 1 aliphatic heterocycles. The Morgan fingerprint density at radius 1 is 1.36 bits per heavy atom. The van der Waals surface area contributed by atoms with Crippen molar-refractivity contribution in [2.24, 2.45) is 17.6 Å². The molecule has 1 aliphatic carbocycles. The van der Waals surface area contributed by atoms with Crippen molar-refractivity contribution in [3.05, 3.63) is 35.4 Å². The molecule has 0 bridgehead atoms. The molecule has 22 heavy (non-hydrogen) atoms. The summed E-state index contributed by atoms with van der Waals surface area (Å²) >= 11 is 0. The lowest BCUT2D eigenvalue weighted by Crippen LogP contribution is -2.49. The van der Waals surface area contributed by atoms with E-state index in [-0.39, 0.29) is 23.8 Å². The first-order chi connectivity index (χ1) is 10.5. The third-order valence-corrected chi connectivity index (χ3v) is 5.00. The van der Waals surface area contributed by atoms with E-state index < -0.39 is 11.6 Å². The standard InChI is InChI=1S/C17H22F2N2O/c1-10-4-5-21(12(6-10)9-20)17(22)15-8-14(15)13-3-2-11(18)7-16(13)19/h2-3,7,10,12,14-15H,4-6,8-9,20H2,1H3. The molecule has 120 valence electrons. The van der Waals surface area contributed by atoms with Crippen LogP contribution in [0.4, 0.5) is 8.78 Å². The average Bonchev–Trinajstić information content (AvgIpc) is 3.26. The molecular formula is C17H22F2N2O. The minimum absolute atomic E-state index is 0.0797. The molecule has 1 aromatic rings. The van der Waals surface area contributed by atoms with Gasteiger partial charge in [0.25, 0.3) is 0 Å². The van der Waals surface area contributed by atoms with Gasteiger partial charge >= 0.3 is 0 Å². The van der Waals surface area contributed by atoms with Gasteiger partial charge in [0.2, 0.25) is 5.91 Å². The van der Waals surface area contributed by atoms with Crippen molar-refractivity contribution in [1.82, 2.24) is 4.90 Å². The van der Waals surface area contributed by atoms with Crippen LogP contribution in [0.3, 0.4) is 0 Å². The molecule has 4 atom stereocenters. The monoisotopic (exact) mass is 308 g/mol. The molecule has 0 spiro atoms. The summed E-state index contributed by atoms with van der Waals surface area (Å²) in [4.78, 5) is 14.6. The normalized spacial score (nSPS) is 31.2. The number of hydrogen-bond acceptors (Lipinski definition) is 2. The van der Waals surface area contributed by atoms with Gasteiger partial charge in [-0.05, 0) is 42.7 Å². The lowest BCUT2D eigenvalue weighted by Gasteiger charge is -2.38. The van der Waals surface area contributed by atoms with Crippen LogP contribution in [0.25, 0.3) is 0 Å². The highest BCUT2D eigenvalue weighted by molar-refractivity contribution is 5.83. The maximum atomic E-state index is 13.8. The second-order valence-corrected chi connectivity index (χ2v) is 6.67. The van der Waals surface area contributed by atoms with Crippen LogP contribution in [0.2, 0.25) is 0 Å². The highest BCUT2D eigenvalue weighted by Crippen LogP contribution is 2.49. The zero-order valence-electron chi connectivity index (χ0n) is 12.8. The van der Waals surface area contributed by atoms with E-state index in [4.69, 9.17) is 5.73 Å². The number of carbonyl (C=O) groups excluding carboxylic acids is 1. The molecule has 1 saturated heterocycles. The third kappa shape index (κ3) is 2.86. The Balaban J connectivity index is 1.69. The van der Waals surface area contributed by atoms with E-state index >= 15 is 0 Å². The van der Waals surface area contributed by atoms with Gasteiger partial charge in [0, 0.05) is 31.1 Å². The molecule has 2 fully saturated rings. The van der Waals surface area contributed by atoms with Gasteiger partial charge in [-0.3, -0.25) is 4.79 Å². The van der Waals surface area contributed by atoms with E-state index in [1.54, 1.807) is 0 Å². The molecule has 0 aromatic heterocycles. The maximum Gasteiger partial charge on any atom is 0.226 e. The number of likely N-dealkylation sites (tertiary alicyclic amines) is 1. The molecular weight excluding hydrogens is 286 g/mol. The Morgan fingerprint density at radius 3 is 2.82 bits per heavy atom. The van der Waals surface area contributed by atoms with Gasteiger partial charge in [0.05, 0.1) is 0 Å². The lowest BCUT2D eigenvalue weighted by molar-refractivity contribution is -0.136. The highest BCUT2D eigenvalue weighted by Gasteiger charge is 2.48. The highest BCUT2D eigenvalue weighted by atomic mass is 19.1. The number of halogens is 2.